The molecule has 0 bridgehead atoms. The summed E-state index contributed by atoms with van der Waals surface area (Å²) in [4.78, 5) is 10.9. The summed E-state index contributed by atoms with van der Waals surface area (Å²) < 4.78 is 4.61. The van der Waals surface area contributed by atoms with Gasteiger partial charge in [0.1, 0.15) is 0 Å². The Morgan fingerprint density at radius 2 is 1.38 bits per heavy atom. The molecule has 0 unspecified atom stereocenters. The summed E-state index contributed by atoms with van der Waals surface area (Å²) in [7, 11) is 1.45. The van der Waals surface area contributed by atoms with E-state index in [1.807, 2.05) is 0 Å². The Balaban J connectivity index is 3.25. The van der Waals surface area contributed by atoms with Gasteiger partial charge >= 0.3 is 5.97 Å². The van der Waals surface area contributed by atoms with Gasteiger partial charge in [0.15, 0.2) is 0 Å². The maximum absolute atomic E-state index is 10.9. The third kappa shape index (κ3) is 16.6. The highest BCUT2D eigenvalue weighted by molar-refractivity contribution is 5.68. The molecule has 0 aliphatic heterocycles. The van der Waals surface area contributed by atoms with Gasteiger partial charge in [0.25, 0.3) is 0 Å². The van der Waals surface area contributed by atoms with Crippen LogP contribution in [-0.2, 0) is 9.53 Å². The smallest absolute Gasteiger partial charge is 0.305 e. The van der Waals surface area contributed by atoms with E-state index in [9.17, 15) is 4.79 Å². The van der Waals surface area contributed by atoms with E-state index in [0.717, 1.165) is 32.1 Å². The Morgan fingerprint density at radius 1 is 0.810 bits per heavy atom. The third-order valence-electron chi connectivity index (χ3n) is 3.26. The molecule has 120 valence electrons. The second kappa shape index (κ2) is 16.7. The number of hydrogen-bond acceptors (Lipinski definition) is 2. The minimum Gasteiger partial charge on any atom is -0.469 e. The highest BCUT2D eigenvalue weighted by atomic mass is 16.5. The maximum Gasteiger partial charge on any atom is 0.305 e. The molecule has 2 heteroatoms. The first kappa shape index (κ1) is 19.7. The Morgan fingerprint density at radius 3 is 2.05 bits per heavy atom. The summed E-state index contributed by atoms with van der Waals surface area (Å²) >= 11 is 0. The van der Waals surface area contributed by atoms with Crippen molar-refractivity contribution in [3.63, 3.8) is 0 Å². The van der Waals surface area contributed by atoms with Crippen LogP contribution >= 0.6 is 0 Å². The monoisotopic (exact) mass is 292 g/mol. The number of carbonyl (C=O) groups is 1. The SMILES string of the molecule is CC/C=C\C/C=C/C/C=C\CCCCCCCC(=O)OC. The van der Waals surface area contributed by atoms with Crippen LogP contribution in [0.4, 0.5) is 0 Å². The molecule has 0 saturated carbocycles. The molecule has 21 heavy (non-hydrogen) atoms. The largest absolute Gasteiger partial charge is 0.469 e. The number of carbonyl (C=O) groups excluding carboxylic acids is 1. The lowest BCUT2D eigenvalue weighted by atomic mass is 10.1. The van der Waals surface area contributed by atoms with Gasteiger partial charge < -0.3 is 4.74 Å². The molecule has 0 spiro atoms. The van der Waals surface area contributed by atoms with Gasteiger partial charge in [-0.1, -0.05) is 62.6 Å². The number of ether oxygens (including phenoxy) is 1. The zero-order chi connectivity index (χ0) is 15.6. The fourth-order valence-electron chi connectivity index (χ4n) is 1.99. The minimum atomic E-state index is -0.0869. The molecular formula is C19H32O2. The highest BCUT2D eigenvalue weighted by Gasteiger charge is 1.98. The fraction of sp³-hybridized carbons (Fsp3) is 0.632. The summed E-state index contributed by atoms with van der Waals surface area (Å²) in [5.74, 6) is -0.0869. The Labute approximate surface area is 131 Å². The quantitative estimate of drug-likeness (QED) is 0.245. The third-order valence-corrected chi connectivity index (χ3v) is 3.26. The average Bonchev–Trinajstić information content (AvgIpc) is 2.50. The summed E-state index contributed by atoms with van der Waals surface area (Å²) in [6.07, 6.45) is 24.1. The molecule has 0 atom stereocenters. The van der Waals surface area contributed by atoms with E-state index in [4.69, 9.17) is 0 Å². The van der Waals surface area contributed by atoms with Crippen molar-refractivity contribution in [3.05, 3.63) is 36.5 Å². The van der Waals surface area contributed by atoms with Crippen LogP contribution in [0, 0.1) is 0 Å². The molecule has 2 nitrogen and oxygen atoms in total. The second-order valence-electron chi connectivity index (χ2n) is 5.18. The van der Waals surface area contributed by atoms with Crippen molar-refractivity contribution in [2.75, 3.05) is 7.11 Å². The molecule has 0 saturated heterocycles. The van der Waals surface area contributed by atoms with Gasteiger partial charge in [-0.15, -0.1) is 0 Å². The van der Waals surface area contributed by atoms with Gasteiger partial charge in [-0.25, -0.2) is 0 Å². The number of allylic oxidation sites excluding steroid dienone is 6. The van der Waals surface area contributed by atoms with Crippen molar-refractivity contribution in [3.8, 4) is 0 Å². The Kier molecular flexibility index (Phi) is 15.7. The molecule has 0 radical (unpaired) electrons. The van der Waals surface area contributed by atoms with E-state index in [1.165, 1.54) is 32.8 Å². The average molecular weight is 292 g/mol. The van der Waals surface area contributed by atoms with Crippen LogP contribution in [0.15, 0.2) is 36.5 Å². The summed E-state index contributed by atoms with van der Waals surface area (Å²) in [6.45, 7) is 2.15. The standard InChI is InChI=1S/C19H32O2/c1-3-4-5-6-7-8-9-10-11-12-13-14-15-16-17-18-19(20)21-2/h4-5,7-8,10-11H,3,6,9,12-18H2,1-2H3/b5-4-,8-7+,11-10-. The number of esters is 1. The van der Waals surface area contributed by atoms with Gasteiger partial charge in [0.2, 0.25) is 0 Å². The highest BCUT2D eigenvalue weighted by Crippen LogP contribution is 2.08. The zero-order valence-corrected chi connectivity index (χ0v) is 13.9. The topological polar surface area (TPSA) is 26.3 Å². The lowest BCUT2D eigenvalue weighted by molar-refractivity contribution is -0.140. The molecule has 0 aromatic heterocycles. The van der Waals surface area contributed by atoms with Crippen molar-refractivity contribution >= 4 is 5.97 Å². The molecule has 0 heterocycles. The second-order valence-corrected chi connectivity index (χ2v) is 5.18. The predicted octanol–water partition coefficient (Wildman–Crippen LogP) is 5.75. The number of rotatable bonds is 13. The lowest BCUT2D eigenvalue weighted by Gasteiger charge is -1.99. The van der Waals surface area contributed by atoms with Gasteiger partial charge in [0.05, 0.1) is 7.11 Å². The van der Waals surface area contributed by atoms with Crippen molar-refractivity contribution in [1.29, 1.82) is 0 Å². The van der Waals surface area contributed by atoms with Crippen LogP contribution in [0.2, 0.25) is 0 Å². The molecule has 0 fully saturated rings. The van der Waals surface area contributed by atoms with Gasteiger partial charge in [-0.2, -0.15) is 0 Å². The van der Waals surface area contributed by atoms with Crippen LogP contribution in [0.5, 0.6) is 0 Å². The number of hydrogen-bond donors (Lipinski definition) is 0. The van der Waals surface area contributed by atoms with Crippen LogP contribution in [-0.4, -0.2) is 13.1 Å². The van der Waals surface area contributed by atoms with Gasteiger partial charge in [-0.05, 0) is 38.5 Å². The number of unbranched alkanes of at least 4 members (excludes halogenated alkanes) is 5. The predicted molar refractivity (Wildman–Crippen MR) is 91.3 cm³/mol. The normalized spacial score (nSPS) is 11.9. The van der Waals surface area contributed by atoms with Crippen LogP contribution < -0.4 is 0 Å². The van der Waals surface area contributed by atoms with Gasteiger partial charge in [0, 0.05) is 6.42 Å². The summed E-state index contributed by atoms with van der Waals surface area (Å²) in [5.41, 5.74) is 0. The van der Waals surface area contributed by atoms with Crippen molar-refractivity contribution in [2.24, 2.45) is 0 Å². The number of methoxy groups -OCH3 is 1. The summed E-state index contributed by atoms with van der Waals surface area (Å²) in [5, 5.41) is 0. The van der Waals surface area contributed by atoms with E-state index in [2.05, 4.69) is 48.1 Å². The van der Waals surface area contributed by atoms with Crippen molar-refractivity contribution in [2.45, 2.75) is 71.1 Å². The molecule has 0 aromatic carbocycles. The maximum atomic E-state index is 10.9. The molecule has 0 aliphatic rings. The van der Waals surface area contributed by atoms with Crippen molar-refractivity contribution < 1.29 is 9.53 Å². The molecule has 0 N–H and O–H groups in total. The molecule has 0 rings (SSSR count). The molecule has 0 aliphatic carbocycles. The van der Waals surface area contributed by atoms with Crippen LogP contribution in [0.25, 0.3) is 0 Å². The molecule has 0 amide bonds. The van der Waals surface area contributed by atoms with E-state index < -0.39 is 0 Å². The Bertz CT molecular complexity index is 314. The van der Waals surface area contributed by atoms with E-state index >= 15 is 0 Å². The first-order valence-corrected chi connectivity index (χ1v) is 8.33. The van der Waals surface area contributed by atoms with Crippen LogP contribution in [0.3, 0.4) is 0 Å². The minimum absolute atomic E-state index is 0.0869. The van der Waals surface area contributed by atoms with E-state index in [1.54, 1.807) is 0 Å². The molecular weight excluding hydrogens is 260 g/mol. The first-order chi connectivity index (χ1) is 10.3. The summed E-state index contributed by atoms with van der Waals surface area (Å²) in [6, 6.07) is 0. The lowest BCUT2D eigenvalue weighted by Crippen LogP contribution is -1.98. The van der Waals surface area contributed by atoms with Gasteiger partial charge in [-0.3, -0.25) is 4.79 Å². The molecule has 0 aromatic rings. The van der Waals surface area contributed by atoms with E-state index in [0.29, 0.717) is 6.42 Å². The fourth-order valence-corrected chi connectivity index (χ4v) is 1.99. The Hall–Kier alpha value is -1.31. The zero-order valence-electron chi connectivity index (χ0n) is 13.9. The van der Waals surface area contributed by atoms with Crippen molar-refractivity contribution in [1.82, 2.24) is 0 Å². The van der Waals surface area contributed by atoms with E-state index in [-0.39, 0.29) is 5.97 Å². The van der Waals surface area contributed by atoms with Crippen LogP contribution in [0.1, 0.15) is 71.1 Å². The first-order valence-electron chi connectivity index (χ1n) is 8.33.